The van der Waals surface area contributed by atoms with Crippen LogP contribution in [0.5, 0.6) is 0 Å². The summed E-state index contributed by atoms with van der Waals surface area (Å²) in [5.41, 5.74) is 2.70. The van der Waals surface area contributed by atoms with Crippen LogP contribution in [0.15, 0.2) is 60.9 Å². The lowest BCUT2D eigenvalue weighted by atomic mass is 10.0. The van der Waals surface area contributed by atoms with Crippen molar-refractivity contribution in [1.29, 1.82) is 0 Å². The Kier molecular flexibility index (Phi) is 2.97. The molecular weight excluding hydrogens is 220 g/mol. The summed E-state index contributed by atoms with van der Waals surface area (Å²) in [6, 6.07) is 12.9. The highest BCUT2D eigenvalue weighted by Crippen LogP contribution is 2.30. The topological polar surface area (TPSA) is 9.23 Å². The monoisotopic (exact) mass is 234 g/mol. The highest BCUT2D eigenvalue weighted by atomic mass is 16.5. The molecule has 1 aliphatic heterocycles. The first-order valence-corrected chi connectivity index (χ1v) is 6.08. The minimum absolute atomic E-state index is 0.733. The standard InChI is InChI=1S/C12H8.C5H6O/c1-3-9-4-2-6-11-8-7-10(5-1)12(9)11;1-2-4-6-5-3-1/h1-8H;1-4H,5H2. The van der Waals surface area contributed by atoms with Crippen LogP contribution in [0.1, 0.15) is 11.1 Å². The molecule has 2 aromatic carbocycles. The number of benzene rings is 2. The number of hydrogen-bond donors (Lipinski definition) is 0. The second-order valence-corrected chi connectivity index (χ2v) is 4.22. The lowest BCUT2D eigenvalue weighted by molar-refractivity contribution is 0.286. The molecule has 0 aromatic heterocycles. The normalized spacial score (nSPS) is 14.2. The van der Waals surface area contributed by atoms with Crippen LogP contribution in [0, 0.1) is 0 Å². The van der Waals surface area contributed by atoms with Gasteiger partial charge in [0.25, 0.3) is 0 Å². The maximum Gasteiger partial charge on any atom is 0.106 e. The molecule has 0 spiro atoms. The summed E-state index contributed by atoms with van der Waals surface area (Å²) >= 11 is 0. The molecular formula is C17H14O. The Morgan fingerprint density at radius 1 is 0.833 bits per heavy atom. The molecule has 18 heavy (non-hydrogen) atoms. The van der Waals surface area contributed by atoms with E-state index in [1.165, 1.54) is 21.9 Å². The number of rotatable bonds is 0. The van der Waals surface area contributed by atoms with E-state index in [4.69, 9.17) is 4.74 Å². The lowest BCUT2D eigenvalue weighted by Gasteiger charge is -1.99. The van der Waals surface area contributed by atoms with Crippen LogP contribution in [-0.4, -0.2) is 6.61 Å². The Labute approximate surface area is 107 Å². The van der Waals surface area contributed by atoms with Crippen molar-refractivity contribution in [3.8, 4) is 0 Å². The molecule has 0 unspecified atom stereocenters. The van der Waals surface area contributed by atoms with Crippen molar-refractivity contribution in [2.24, 2.45) is 0 Å². The fraction of sp³-hybridized carbons (Fsp3) is 0.0588. The van der Waals surface area contributed by atoms with E-state index in [0.717, 1.165) is 6.61 Å². The molecule has 0 N–H and O–H groups in total. The summed E-state index contributed by atoms with van der Waals surface area (Å²) in [7, 11) is 0. The predicted octanol–water partition coefficient (Wildman–Crippen LogP) is 4.41. The third-order valence-electron chi connectivity index (χ3n) is 3.03. The zero-order valence-corrected chi connectivity index (χ0v) is 10.0. The largest absolute Gasteiger partial charge is 0.497 e. The van der Waals surface area contributed by atoms with Crippen LogP contribution < -0.4 is 0 Å². The Bertz CT molecular complexity index is 595. The summed E-state index contributed by atoms with van der Waals surface area (Å²) in [4.78, 5) is 0. The first kappa shape index (κ1) is 10.8. The maximum atomic E-state index is 4.80. The van der Waals surface area contributed by atoms with Crippen LogP contribution >= 0.6 is 0 Å². The number of ether oxygens (including phenoxy) is 1. The van der Waals surface area contributed by atoms with Gasteiger partial charge in [-0.1, -0.05) is 54.6 Å². The van der Waals surface area contributed by atoms with Crippen LogP contribution in [-0.2, 0) is 4.74 Å². The molecule has 0 saturated heterocycles. The quantitative estimate of drug-likeness (QED) is 0.560. The van der Waals surface area contributed by atoms with Crippen LogP contribution in [0.25, 0.3) is 22.9 Å². The van der Waals surface area contributed by atoms with E-state index in [-0.39, 0.29) is 0 Å². The summed E-state index contributed by atoms with van der Waals surface area (Å²) in [6.07, 6.45) is 11.8. The van der Waals surface area contributed by atoms with Gasteiger partial charge in [-0.15, -0.1) is 0 Å². The van der Waals surface area contributed by atoms with Crippen molar-refractivity contribution < 1.29 is 4.74 Å². The van der Waals surface area contributed by atoms with Gasteiger partial charge in [-0.2, -0.15) is 0 Å². The van der Waals surface area contributed by atoms with Gasteiger partial charge in [0.15, 0.2) is 0 Å². The van der Waals surface area contributed by atoms with Crippen molar-refractivity contribution in [2.45, 2.75) is 0 Å². The Morgan fingerprint density at radius 2 is 1.56 bits per heavy atom. The zero-order valence-electron chi connectivity index (χ0n) is 10.0. The molecule has 88 valence electrons. The number of hydrogen-bond acceptors (Lipinski definition) is 1. The van der Waals surface area contributed by atoms with Gasteiger partial charge in [-0.05, 0) is 34.1 Å². The minimum atomic E-state index is 0.733. The molecule has 0 amide bonds. The summed E-state index contributed by atoms with van der Waals surface area (Å²) in [6.45, 7) is 0.733. The lowest BCUT2D eigenvalue weighted by Crippen LogP contribution is -1.82. The predicted molar refractivity (Wildman–Crippen MR) is 77.1 cm³/mol. The molecule has 2 aliphatic rings. The Balaban J connectivity index is 0.000000142. The summed E-state index contributed by atoms with van der Waals surface area (Å²) < 4.78 is 4.80. The van der Waals surface area contributed by atoms with E-state index in [9.17, 15) is 0 Å². The van der Waals surface area contributed by atoms with Gasteiger partial charge in [-0.3, -0.25) is 0 Å². The maximum absolute atomic E-state index is 4.80. The first-order chi connectivity index (χ1) is 8.95. The Hall–Kier alpha value is -2.28. The van der Waals surface area contributed by atoms with Crippen LogP contribution in [0.2, 0.25) is 0 Å². The average molecular weight is 234 g/mol. The highest BCUT2D eigenvalue weighted by Gasteiger charge is 2.06. The fourth-order valence-corrected chi connectivity index (χ4v) is 2.20. The molecule has 4 rings (SSSR count). The van der Waals surface area contributed by atoms with Gasteiger partial charge < -0.3 is 4.74 Å². The van der Waals surface area contributed by atoms with Crippen molar-refractivity contribution >= 4 is 22.9 Å². The van der Waals surface area contributed by atoms with Gasteiger partial charge in [0.05, 0.1) is 6.26 Å². The van der Waals surface area contributed by atoms with Crippen molar-refractivity contribution in [1.82, 2.24) is 0 Å². The summed E-state index contributed by atoms with van der Waals surface area (Å²) in [5.74, 6) is 0. The Morgan fingerprint density at radius 3 is 2.00 bits per heavy atom. The van der Waals surface area contributed by atoms with E-state index in [1.807, 2.05) is 18.2 Å². The second-order valence-electron chi connectivity index (χ2n) is 4.22. The third kappa shape index (κ3) is 2.07. The van der Waals surface area contributed by atoms with E-state index < -0.39 is 0 Å². The second kappa shape index (κ2) is 4.92. The van der Waals surface area contributed by atoms with Gasteiger partial charge in [-0.25, -0.2) is 0 Å². The molecule has 1 nitrogen and oxygen atoms in total. The zero-order chi connectivity index (χ0) is 12.2. The van der Waals surface area contributed by atoms with Crippen molar-refractivity contribution in [3.63, 3.8) is 0 Å². The van der Waals surface area contributed by atoms with E-state index in [0.29, 0.717) is 0 Å². The first-order valence-electron chi connectivity index (χ1n) is 6.08. The van der Waals surface area contributed by atoms with Gasteiger partial charge in [0, 0.05) is 0 Å². The fourth-order valence-electron chi connectivity index (χ4n) is 2.20. The molecule has 2 aromatic rings. The molecule has 0 fully saturated rings. The summed E-state index contributed by atoms with van der Waals surface area (Å²) in [5, 5.41) is 2.75. The van der Waals surface area contributed by atoms with Gasteiger partial charge in [0.2, 0.25) is 0 Å². The third-order valence-corrected chi connectivity index (χ3v) is 3.03. The molecule has 0 atom stereocenters. The molecule has 0 saturated carbocycles. The van der Waals surface area contributed by atoms with Crippen LogP contribution in [0.4, 0.5) is 0 Å². The molecule has 0 bridgehead atoms. The van der Waals surface area contributed by atoms with Gasteiger partial charge in [0.1, 0.15) is 6.61 Å². The van der Waals surface area contributed by atoms with Crippen molar-refractivity contribution in [3.05, 3.63) is 72.0 Å². The SMILES string of the molecule is C1=CCOC=C1.C1=Cc2cccc3cccc1c23. The molecule has 1 heterocycles. The molecule has 1 heteroatoms. The highest BCUT2D eigenvalue weighted by molar-refractivity contribution is 6.04. The van der Waals surface area contributed by atoms with Crippen molar-refractivity contribution in [2.75, 3.05) is 6.61 Å². The van der Waals surface area contributed by atoms with E-state index in [2.05, 4.69) is 48.6 Å². The minimum Gasteiger partial charge on any atom is -0.497 e. The average Bonchev–Trinajstić information content (AvgIpc) is 2.88. The van der Waals surface area contributed by atoms with E-state index in [1.54, 1.807) is 6.26 Å². The number of allylic oxidation sites excluding steroid dienone is 2. The van der Waals surface area contributed by atoms with Crippen LogP contribution in [0.3, 0.4) is 0 Å². The molecule has 0 radical (unpaired) electrons. The van der Waals surface area contributed by atoms with Gasteiger partial charge >= 0.3 is 0 Å². The molecule has 1 aliphatic carbocycles. The smallest absolute Gasteiger partial charge is 0.106 e. The van der Waals surface area contributed by atoms with E-state index >= 15 is 0 Å².